The highest BCUT2D eigenvalue weighted by Crippen LogP contribution is 2.40. The molecule has 0 saturated carbocycles. The molecule has 0 aromatic rings. The van der Waals surface area contributed by atoms with Gasteiger partial charge in [0.15, 0.2) is 0 Å². The van der Waals surface area contributed by atoms with Crippen LogP contribution in [0.25, 0.3) is 0 Å². The predicted octanol–water partition coefficient (Wildman–Crippen LogP) is 0.788. The number of hydrogen-bond acceptors (Lipinski definition) is 5. The molecular formula is CH5O5P. The number of hydrogen-bond donors (Lipinski definition) is 2. The average Bonchev–Trinajstić information content (AvgIpc) is 1.68. The predicted molar refractivity (Wildman–Crippen MR) is 21.0 cm³/mol. The normalized spacial score (nSPS) is 11.9. The van der Waals surface area contributed by atoms with E-state index in [0.29, 0.717) is 0 Å². The van der Waals surface area contributed by atoms with Crippen molar-refractivity contribution in [1.29, 1.82) is 0 Å². The van der Waals surface area contributed by atoms with Gasteiger partial charge in [-0.1, -0.05) is 0 Å². The van der Waals surface area contributed by atoms with Crippen LogP contribution >= 0.6 is 7.60 Å². The van der Waals surface area contributed by atoms with E-state index in [0.717, 1.165) is 6.66 Å². The Morgan fingerprint density at radius 1 is 1.43 bits per heavy atom. The van der Waals surface area contributed by atoms with E-state index < -0.39 is 7.60 Å². The molecule has 0 atom stereocenters. The third-order valence-electron chi connectivity index (χ3n) is 0.297. The fourth-order valence-electron chi connectivity index (χ4n) is 0.0149. The van der Waals surface area contributed by atoms with E-state index in [1.807, 2.05) is 0 Å². The summed E-state index contributed by atoms with van der Waals surface area (Å²) in [5.74, 6) is 0. The summed E-state index contributed by atoms with van der Waals surface area (Å²) in [6.45, 7) is 0.910. The quantitative estimate of drug-likeness (QED) is 0.326. The SMILES string of the molecule is CP(=O)(OO)OO. The Morgan fingerprint density at radius 2 is 1.71 bits per heavy atom. The lowest BCUT2D eigenvalue weighted by Gasteiger charge is -1.98. The van der Waals surface area contributed by atoms with Gasteiger partial charge in [0, 0.05) is 6.66 Å². The topological polar surface area (TPSA) is 76.0 Å². The highest BCUT2D eigenvalue weighted by molar-refractivity contribution is 7.52. The van der Waals surface area contributed by atoms with E-state index in [2.05, 4.69) is 9.35 Å². The van der Waals surface area contributed by atoms with E-state index in [1.165, 1.54) is 0 Å². The molecule has 0 bridgehead atoms. The highest BCUT2D eigenvalue weighted by atomic mass is 31.2. The van der Waals surface area contributed by atoms with Crippen LogP contribution in [0.1, 0.15) is 0 Å². The molecule has 0 fully saturated rings. The molecule has 0 aliphatic rings. The molecule has 0 aromatic carbocycles. The second-order valence-corrected chi connectivity index (χ2v) is 2.80. The summed E-state index contributed by atoms with van der Waals surface area (Å²) in [5, 5.41) is 15.1. The maximum atomic E-state index is 10.0. The maximum Gasteiger partial charge on any atom is 0.380 e. The van der Waals surface area contributed by atoms with Crippen molar-refractivity contribution in [2.24, 2.45) is 0 Å². The summed E-state index contributed by atoms with van der Waals surface area (Å²) in [6, 6.07) is 0. The van der Waals surface area contributed by atoms with Crippen LogP contribution in [-0.4, -0.2) is 17.2 Å². The second kappa shape index (κ2) is 2.40. The van der Waals surface area contributed by atoms with Crippen molar-refractivity contribution in [1.82, 2.24) is 0 Å². The third kappa shape index (κ3) is 2.73. The van der Waals surface area contributed by atoms with Gasteiger partial charge >= 0.3 is 7.60 Å². The largest absolute Gasteiger partial charge is 0.380 e. The molecule has 0 aromatic heterocycles. The molecule has 0 rings (SSSR count). The Labute approximate surface area is 39.9 Å². The zero-order valence-electron chi connectivity index (χ0n) is 3.57. The summed E-state index contributed by atoms with van der Waals surface area (Å²) in [7, 11) is -3.54. The standard InChI is InChI=1S/CH5O5P/c1-7(4,5-2)6-3/h2-3H,1H3. The molecule has 0 heterocycles. The zero-order chi connectivity index (χ0) is 5.91. The van der Waals surface area contributed by atoms with E-state index in [4.69, 9.17) is 10.5 Å². The minimum absolute atomic E-state index is 0.910. The smallest absolute Gasteiger partial charge is 0.255 e. The Bertz CT molecular complexity index is 80.1. The van der Waals surface area contributed by atoms with E-state index in [9.17, 15) is 4.57 Å². The summed E-state index contributed by atoms with van der Waals surface area (Å²) in [6.07, 6.45) is 0. The van der Waals surface area contributed by atoms with E-state index in [1.54, 1.807) is 0 Å². The minimum atomic E-state index is -3.54. The van der Waals surface area contributed by atoms with E-state index in [-0.39, 0.29) is 0 Å². The van der Waals surface area contributed by atoms with Crippen LogP contribution in [-0.2, 0) is 13.9 Å². The molecular weight excluding hydrogens is 123 g/mol. The first kappa shape index (κ1) is 7.07. The fraction of sp³-hybridized carbons (Fsp3) is 1.00. The molecule has 0 radical (unpaired) electrons. The third-order valence-corrected chi connectivity index (χ3v) is 0.890. The van der Waals surface area contributed by atoms with Crippen molar-refractivity contribution in [3.05, 3.63) is 0 Å². The Balaban J connectivity index is 3.61. The Kier molecular flexibility index (Phi) is 2.42. The molecule has 0 aliphatic heterocycles. The van der Waals surface area contributed by atoms with E-state index >= 15 is 0 Å². The first-order valence-electron chi connectivity index (χ1n) is 1.36. The van der Waals surface area contributed by atoms with Crippen LogP contribution in [0.5, 0.6) is 0 Å². The summed E-state index contributed by atoms with van der Waals surface area (Å²) in [5.41, 5.74) is 0. The average molecular weight is 128 g/mol. The van der Waals surface area contributed by atoms with Crippen LogP contribution in [0.2, 0.25) is 0 Å². The van der Waals surface area contributed by atoms with Crippen molar-refractivity contribution in [3.8, 4) is 0 Å². The van der Waals surface area contributed by atoms with Gasteiger partial charge in [-0.25, -0.2) is 10.5 Å². The van der Waals surface area contributed by atoms with Gasteiger partial charge in [-0.05, 0) is 0 Å². The Morgan fingerprint density at radius 3 is 1.71 bits per heavy atom. The van der Waals surface area contributed by atoms with Crippen LogP contribution in [0.3, 0.4) is 0 Å². The van der Waals surface area contributed by atoms with Crippen molar-refractivity contribution in [3.63, 3.8) is 0 Å². The first-order valence-corrected chi connectivity index (χ1v) is 3.35. The zero-order valence-corrected chi connectivity index (χ0v) is 4.46. The molecule has 0 amide bonds. The fourth-order valence-corrected chi connectivity index (χ4v) is 0.0447. The van der Waals surface area contributed by atoms with Gasteiger partial charge in [0.25, 0.3) is 0 Å². The molecule has 5 nitrogen and oxygen atoms in total. The summed E-state index contributed by atoms with van der Waals surface area (Å²) < 4.78 is 16.3. The molecule has 0 aliphatic carbocycles. The van der Waals surface area contributed by atoms with Crippen molar-refractivity contribution < 1.29 is 24.4 Å². The van der Waals surface area contributed by atoms with Crippen molar-refractivity contribution in [2.75, 3.05) is 6.66 Å². The highest BCUT2D eigenvalue weighted by Gasteiger charge is 2.14. The maximum absolute atomic E-state index is 10.0. The van der Waals surface area contributed by atoms with Gasteiger partial charge in [-0.3, -0.25) is 4.57 Å². The molecule has 0 saturated heterocycles. The van der Waals surface area contributed by atoms with Gasteiger partial charge in [-0.2, -0.15) is 9.35 Å². The summed E-state index contributed by atoms with van der Waals surface area (Å²) >= 11 is 0. The van der Waals surface area contributed by atoms with Gasteiger partial charge < -0.3 is 0 Å². The van der Waals surface area contributed by atoms with Gasteiger partial charge in [-0.15, -0.1) is 0 Å². The van der Waals surface area contributed by atoms with Crippen LogP contribution in [0.4, 0.5) is 0 Å². The summed E-state index contributed by atoms with van der Waals surface area (Å²) in [4.78, 5) is 0. The molecule has 44 valence electrons. The van der Waals surface area contributed by atoms with Gasteiger partial charge in [0.05, 0.1) is 0 Å². The van der Waals surface area contributed by atoms with Crippen LogP contribution in [0, 0.1) is 0 Å². The van der Waals surface area contributed by atoms with Crippen LogP contribution < -0.4 is 0 Å². The lowest BCUT2D eigenvalue weighted by Crippen LogP contribution is -1.83. The van der Waals surface area contributed by atoms with Crippen molar-refractivity contribution >= 4 is 7.60 Å². The van der Waals surface area contributed by atoms with Crippen LogP contribution in [0.15, 0.2) is 0 Å². The lowest BCUT2D eigenvalue weighted by atomic mass is 12.0. The second-order valence-electron chi connectivity index (χ2n) is 0.935. The first-order chi connectivity index (χ1) is 3.12. The van der Waals surface area contributed by atoms with Gasteiger partial charge in [0.2, 0.25) is 0 Å². The van der Waals surface area contributed by atoms with Crippen molar-refractivity contribution in [2.45, 2.75) is 0 Å². The Hall–Kier alpha value is 0.0700. The molecule has 6 heteroatoms. The molecule has 2 N–H and O–H groups in total. The van der Waals surface area contributed by atoms with Gasteiger partial charge in [0.1, 0.15) is 0 Å². The lowest BCUT2D eigenvalue weighted by molar-refractivity contribution is -0.206. The molecule has 0 spiro atoms. The molecule has 7 heavy (non-hydrogen) atoms. The molecule has 0 unspecified atom stereocenters. The monoisotopic (exact) mass is 128 g/mol. The number of rotatable bonds is 2. The minimum Gasteiger partial charge on any atom is -0.255 e.